The maximum Gasteiger partial charge on any atom is 0.213 e. The molecule has 0 amide bonds. The van der Waals surface area contributed by atoms with Gasteiger partial charge >= 0.3 is 0 Å². The first-order chi connectivity index (χ1) is 9.85. The molecule has 0 aliphatic carbocycles. The second kappa shape index (κ2) is 4.57. The van der Waals surface area contributed by atoms with Crippen molar-refractivity contribution < 1.29 is 9.47 Å². The third-order valence-corrected chi connectivity index (χ3v) is 4.46. The lowest BCUT2D eigenvalue weighted by atomic mass is 10.2. The van der Waals surface area contributed by atoms with Gasteiger partial charge in [0.1, 0.15) is 5.75 Å². The Balaban J connectivity index is 1.82. The number of methoxy groups -OCH3 is 1. The molecule has 2 aromatic heterocycles. The Morgan fingerprint density at radius 2 is 2.35 bits per heavy atom. The first-order valence-corrected chi connectivity index (χ1v) is 7.26. The Labute approximate surface area is 119 Å². The molecule has 0 bridgehead atoms. The van der Waals surface area contributed by atoms with Crippen LogP contribution in [0.1, 0.15) is 10.6 Å². The normalized spacial score (nSPS) is 14.4. The lowest BCUT2D eigenvalue weighted by molar-refractivity contribution is 0.111. The van der Waals surface area contributed by atoms with Crippen molar-refractivity contribution in [1.82, 2.24) is 14.6 Å². The van der Waals surface area contributed by atoms with Crippen molar-refractivity contribution in [3.05, 3.63) is 34.8 Å². The molecule has 0 radical (unpaired) electrons. The molecule has 0 fully saturated rings. The maximum absolute atomic E-state index is 5.47. The Bertz CT molecular complexity index is 778. The number of thiazole rings is 1. The molecule has 102 valence electrons. The largest absolute Gasteiger partial charge is 0.497 e. The van der Waals surface area contributed by atoms with Gasteiger partial charge < -0.3 is 9.47 Å². The van der Waals surface area contributed by atoms with Gasteiger partial charge in [-0.3, -0.25) is 0 Å². The average Bonchev–Trinajstić information content (AvgIpc) is 3.05. The Morgan fingerprint density at radius 1 is 1.40 bits per heavy atom. The fourth-order valence-corrected chi connectivity index (χ4v) is 3.44. The molecule has 3 heterocycles. The summed E-state index contributed by atoms with van der Waals surface area (Å²) in [5, 5.41) is 4.64. The van der Waals surface area contributed by atoms with Crippen molar-refractivity contribution in [1.29, 1.82) is 0 Å². The molecule has 0 saturated heterocycles. The zero-order valence-electron chi connectivity index (χ0n) is 11.0. The third kappa shape index (κ3) is 1.80. The minimum atomic E-state index is 0.680. The van der Waals surface area contributed by atoms with Gasteiger partial charge in [-0.1, -0.05) is 23.5 Å². The molecule has 1 aromatic carbocycles. The summed E-state index contributed by atoms with van der Waals surface area (Å²) >= 11 is 1.66. The summed E-state index contributed by atoms with van der Waals surface area (Å²) in [5.74, 6) is 1.56. The summed E-state index contributed by atoms with van der Waals surface area (Å²) < 4.78 is 12.7. The predicted molar refractivity (Wildman–Crippen MR) is 76.2 cm³/mol. The van der Waals surface area contributed by atoms with E-state index >= 15 is 0 Å². The number of aromatic nitrogens is 3. The van der Waals surface area contributed by atoms with Crippen LogP contribution in [0, 0.1) is 0 Å². The first kappa shape index (κ1) is 11.9. The summed E-state index contributed by atoms with van der Waals surface area (Å²) in [6.45, 7) is 1.44. The summed E-state index contributed by atoms with van der Waals surface area (Å²) in [6, 6.07) is 7.82. The quantitative estimate of drug-likeness (QED) is 0.727. The van der Waals surface area contributed by atoms with Crippen molar-refractivity contribution in [3.63, 3.8) is 0 Å². The van der Waals surface area contributed by atoms with E-state index in [0.717, 1.165) is 35.1 Å². The Morgan fingerprint density at radius 3 is 3.25 bits per heavy atom. The summed E-state index contributed by atoms with van der Waals surface area (Å²) in [7, 11) is 1.66. The van der Waals surface area contributed by atoms with E-state index in [4.69, 9.17) is 9.47 Å². The van der Waals surface area contributed by atoms with E-state index in [0.29, 0.717) is 6.61 Å². The molecule has 1 aliphatic rings. The fraction of sp³-hybridized carbons (Fsp3) is 0.286. The molecule has 0 N–H and O–H groups in total. The topological polar surface area (TPSA) is 48.7 Å². The molecule has 20 heavy (non-hydrogen) atoms. The molecule has 5 nitrogen and oxygen atoms in total. The minimum absolute atomic E-state index is 0.680. The highest BCUT2D eigenvalue weighted by molar-refractivity contribution is 7.17. The molecule has 1 aliphatic heterocycles. The first-order valence-electron chi connectivity index (χ1n) is 6.44. The van der Waals surface area contributed by atoms with Crippen molar-refractivity contribution in [3.8, 4) is 17.1 Å². The summed E-state index contributed by atoms with van der Waals surface area (Å²) in [4.78, 5) is 6.79. The lowest BCUT2D eigenvalue weighted by Gasteiger charge is -2.10. The molecule has 6 heteroatoms. The van der Waals surface area contributed by atoms with Crippen LogP contribution < -0.4 is 4.74 Å². The predicted octanol–water partition coefficient (Wildman–Crippen LogP) is 2.54. The van der Waals surface area contributed by atoms with Gasteiger partial charge in [0.25, 0.3) is 0 Å². The van der Waals surface area contributed by atoms with Crippen LogP contribution in [-0.4, -0.2) is 28.3 Å². The lowest BCUT2D eigenvalue weighted by Crippen LogP contribution is -2.10. The van der Waals surface area contributed by atoms with Gasteiger partial charge in [0, 0.05) is 12.0 Å². The molecular formula is C14H13N3O2S. The van der Waals surface area contributed by atoms with E-state index in [2.05, 4.69) is 10.1 Å². The highest BCUT2D eigenvalue weighted by atomic mass is 32.1. The molecule has 0 spiro atoms. The Kier molecular flexibility index (Phi) is 2.71. The van der Waals surface area contributed by atoms with Gasteiger partial charge in [0.2, 0.25) is 4.96 Å². The van der Waals surface area contributed by atoms with Crippen molar-refractivity contribution in [2.75, 3.05) is 13.7 Å². The number of rotatable bonds is 2. The zero-order valence-corrected chi connectivity index (χ0v) is 11.8. The van der Waals surface area contributed by atoms with Crippen molar-refractivity contribution >= 4 is 16.3 Å². The smallest absolute Gasteiger partial charge is 0.213 e. The van der Waals surface area contributed by atoms with Crippen LogP contribution in [0.15, 0.2) is 24.3 Å². The van der Waals surface area contributed by atoms with Crippen LogP contribution in [0.2, 0.25) is 0 Å². The fourth-order valence-electron chi connectivity index (χ4n) is 2.40. The average molecular weight is 287 g/mol. The standard InChI is InChI=1S/C14H13N3O2S/c1-18-10-4-2-3-9(7-10)13-15-14-17(16-13)11-5-6-19-8-12(11)20-14/h2-4,7H,5-6,8H2,1H3. The van der Waals surface area contributed by atoms with Gasteiger partial charge in [-0.2, -0.15) is 4.98 Å². The van der Waals surface area contributed by atoms with Crippen molar-refractivity contribution in [2.45, 2.75) is 13.0 Å². The monoisotopic (exact) mass is 287 g/mol. The van der Waals surface area contributed by atoms with E-state index < -0.39 is 0 Å². The molecule has 0 unspecified atom stereocenters. The number of fused-ring (bicyclic) bond motifs is 3. The van der Waals surface area contributed by atoms with Gasteiger partial charge in [0.15, 0.2) is 5.82 Å². The van der Waals surface area contributed by atoms with Gasteiger partial charge in [-0.25, -0.2) is 4.52 Å². The zero-order chi connectivity index (χ0) is 13.5. The van der Waals surface area contributed by atoms with Crippen LogP contribution >= 0.6 is 11.3 Å². The number of nitrogens with zero attached hydrogens (tertiary/aromatic N) is 3. The Hall–Kier alpha value is -1.92. The molecule has 0 saturated carbocycles. The molecule has 3 aromatic rings. The van der Waals surface area contributed by atoms with E-state index in [1.807, 2.05) is 28.8 Å². The third-order valence-electron chi connectivity index (χ3n) is 3.41. The maximum atomic E-state index is 5.47. The van der Waals surface area contributed by atoms with Crippen LogP contribution in [0.4, 0.5) is 0 Å². The summed E-state index contributed by atoms with van der Waals surface area (Å²) in [5.41, 5.74) is 2.21. The highest BCUT2D eigenvalue weighted by Gasteiger charge is 2.19. The summed E-state index contributed by atoms with van der Waals surface area (Å²) in [6.07, 6.45) is 0.899. The van der Waals surface area contributed by atoms with E-state index in [1.165, 1.54) is 10.6 Å². The van der Waals surface area contributed by atoms with Gasteiger partial charge in [-0.15, -0.1) is 5.10 Å². The number of benzene rings is 1. The molecular weight excluding hydrogens is 274 g/mol. The van der Waals surface area contributed by atoms with E-state index in [-0.39, 0.29) is 0 Å². The van der Waals surface area contributed by atoms with Gasteiger partial charge in [0.05, 0.1) is 30.9 Å². The van der Waals surface area contributed by atoms with Crippen LogP contribution in [0.3, 0.4) is 0 Å². The van der Waals surface area contributed by atoms with Gasteiger partial charge in [-0.05, 0) is 12.1 Å². The van der Waals surface area contributed by atoms with Crippen LogP contribution in [0.5, 0.6) is 5.75 Å². The number of ether oxygens (including phenoxy) is 2. The number of hydrogen-bond donors (Lipinski definition) is 0. The van der Waals surface area contributed by atoms with E-state index in [9.17, 15) is 0 Å². The van der Waals surface area contributed by atoms with E-state index in [1.54, 1.807) is 18.4 Å². The van der Waals surface area contributed by atoms with Crippen molar-refractivity contribution in [2.24, 2.45) is 0 Å². The second-order valence-electron chi connectivity index (χ2n) is 4.64. The molecule has 4 rings (SSSR count). The second-order valence-corrected chi connectivity index (χ2v) is 5.70. The highest BCUT2D eigenvalue weighted by Crippen LogP contribution is 2.29. The number of hydrogen-bond acceptors (Lipinski definition) is 5. The molecule has 0 atom stereocenters. The van der Waals surface area contributed by atoms with Crippen LogP contribution in [-0.2, 0) is 17.8 Å². The van der Waals surface area contributed by atoms with Crippen LogP contribution in [0.25, 0.3) is 16.3 Å². The minimum Gasteiger partial charge on any atom is -0.497 e. The SMILES string of the molecule is COc1cccc(-c2nc3sc4c(n3n2)CCOC4)c1.